The summed E-state index contributed by atoms with van der Waals surface area (Å²) in [6, 6.07) is 1.73. The number of hydrogen-bond acceptors (Lipinski definition) is 6. The van der Waals surface area contributed by atoms with Gasteiger partial charge in [-0.25, -0.2) is 9.59 Å². The number of carboxylic acids is 2. The molecule has 1 atom stereocenters. The van der Waals surface area contributed by atoms with Gasteiger partial charge in [0.2, 0.25) is 0 Å². The summed E-state index contributed by atoms with van der Waals surface area (Å²) in [5.74, 6) is -5.01. The molecule has 0 aromatic carbocycles. The lowest BCUT2D eigenvalue weighted by Crippen LogP contribution is -2.63. The number of aromatic nitrogens is 2. The molecule has 0 bridgehead atoms. The maximum absolute atomic E-state index is 12.0. The van der Waals surface area contributed by atoms with Gasteiger partial charge < -0.3 is 25.2 Å². The minimum Gasteiger partial charge on any atom is -0.475 e. The van der Waals surface area contributed by atoms with Crippen LogP contribution in [0.1, 0.15) is 23.3 Å². The van der Waals surface area contributed by atoms with Crippen LogP contribution in [0.3, 0.4) is 0 Å². The number of carbonyl (C=O) groups excluding carboxylic acids is 1. The fourth-order valence-corrected chi connectivity index (χ4v) is 3.46. The van der Waals surface area contributed by atoms with Crippen LogP contribution in [-0.4, -0.2) is 94.0 Å². The molecule has 3 heterocycles. The SMILES string of the molecule is CN1CC2(C1)OCCC2CCNC(=O)c1ccnn1C.O=C(O)C(F)(F)F.O=C(O)C(F)(F)F. The van der Waals surface area contributed by atoms with E-state index in [2.05, 4.69) is 22.4 Å². The summed E-state index contributed by atoms with van der Waals surface area (Å²) in [5, 5.41) is 21.2. The molecule has 2 fully saturated rings. The van der Waals surface area contributed by atoms with Crippen molar-refractivity contribution in [2.75, 3.05) is 33.3 Å². The number of alkyl halides is 6. The zero-order chi connectivity index (χ0) is 26.3. The Balaban J connectivity index is 0.000000343. The van der Waals surface area contributed by atoms with Gasteiger partial charge in [-0.05, 0) is 31.9 Å². The lowest BCUT2D eigenvalue weighted by molar-refractivity contribution is -0.193. The van der Waals surface area contributed by atoms with E-state index in [-0.39, 0.29) is 11.5 Å². The van der Waals surface area contributed by atoms with Gasteiger partial charge in [-0.3, -0.25) is 9.48 Å². The zero-order valence-electron chi connectivity index (χ0n) is 18.1. The molecule has 0 radical (unpaired) electrons. The van der Waals surface area contributed by atoms with Gasteiger partial charge in [0.25, 0.3) is 5.91 Å². The number of amides is 1. The highest BCUT2D eigenvalue weighted by molar-refractivity contribution is 5.92. The molecule has 2 saturated heterocycles. The van der Waals surface area contributed by atoms with Crippen LogP contribution >= 0.6 is 0 Å². The minimum absolute atomic E-state index is 0.0521. The summed E-state index contributed by atoms with van der Waals surface area (Å²) < 4.78 is 71.0. The van der Waals surface area contributed by atoms with E-state index in [0.717, 1.165) is 32.5 Å². The number of carboxylic acid groups (broad SMARTS) is 2. The number of carbonyl (C=O) groups is 3. The molecule has 1 amide bonds. The smallest absolute Gasteiger partial charge is 0.475 e. The molecule has 194 valence electrons. The van der Waals surface area contributed by atoms with Crippen LogP contribution in [0.25, 0.3) is 0 Å². The number of halogens is 6. The first-order valence-corrected chi connectivity index (χ1v) is 9.68. The molecule has 2 aliphatic rings. The topological polar surface area (TPSA) is 134 Å². The van der Waals surface area contributed by atoms with Crippen LogP contribution in [0.15, 0.2) is 12.3 Å². The van der Waals surface area contributed by atoms with Gasteiger partial charge in [0.1, 0.15) is 5.69 Å². The van der Waals surface area contributed by atoms with Crippen molar-refractivity contribution in [3.05, 3.63) is 18.0 Å². The fraction of sp³-hybridized carbons (Fsp3) is 0.667. The summed E-state index contributed by atoms with van der Waals surface area (Å²) in [6.45, 7) is 3.60. The van der Waals surface area contributed by atoms with E-state index in [9.17, 15) is 31.1 Å². The highest BCUT2D eigenvalue weighted by Gasteiger charge is 2.51. The third-order valence-electron chi connectivity index (χ3n) is 4.99. The van der Waals surface area contributed by atoms with Crippen LogP contribution in [0.5, 0.6) is 0 Å². The van der Waals surface area contributed by atoms with Crippen LogP contribution in [0.4, 0.5) is 26.3 Å². The number of likely N-dealkylation sites (tertiary alicyclic amines) is 1. The van der Waals surface area contributed by atoms with Gasteiger partial charge in [-0.1, -0.05) is 0 Å². The van der Waals surface area contributed by atoms with Gasteiger partial charge in [-0.2, -0.15) is 31.4 Å². The van der Waals surface area contributed by atoms with Crippen LogP contribution in [0, 0.1) is 5.92 Å². The summed E-state index contributed by atoms with van der Waals surface area (Å²) in [4.78, 5) is 32.1. The molecule has 1 aromatic heterocycles. The van der Waals surface area contributed by atoms with Gasteiger partial charge in [0.05, 0.1) is 5.60 Å². The Morgan fingerprint density at radius 3 is 2.00 bits per heavy atom. The van der Waals surface area contributed by atoms with E-state index in [0.29, 0.717) is 18.2 Å². The van der Waals surface area contributed by atoms with E-state index in [1.54, 1.807) is 24.0 Å². The third kappa shape index (κ3) is 8.48. The zero-order valence-corrected chi connectivity index (χ0v) is 18.1. The quantitative estimate of drug-likeness (QED) is 0.524. The van der Waals surface area contributed by atoms with Crippen molar-refractivity contribution in [2.24, 2.45) is 13.0 Å². The predicted octanol–water partition coefficient (Wildman–Crippen LogP) is 1.53. The molecular formula is C18H24F6N4O6. The molecule has 0 saturated carbocycles. The second kappa shape index (κ2) is 11.5. The van der Waals surface area contributed by atoms with Crippen LogP contribution in [0.2, 0.25) is 0 Å². The number of rotatable bonds is 4. The molecule has 3 N–H and O–H groups in total. The average molecular weight is 506 g/mol. The minimum atomic E-state index is -5.08. The highest BCUT2D eigenvalue weighted by atomic mass is 19.4. The molecule has 1 aromatic rings. The van der Waals surface area contributed by atoms with Gasteiger partial charge in [0, 0.05) is 39.5 Å². The highest BCUT2D eigenvalue weighted by Crippen LogP contribution is 2.40. The predicted molar refractivity (Wildman–Crippen MR) is 102 cm³/mol. The largest absolute Gasteiger partial charge is 0.490 e. The van der Waals surface area contributed by atoms with Crippen molar-refractivity contribution in [1.29, 1.82) is 0 Å². The van der Waals surface area contributed by atoms with E-state index in [1.807, 2.05) is 0 Å². The van der Waals surface area contributed by atoms with Crippen molar-refractivity contribution in [3.8, 4) is 0 Å². The Labute approximate surface area is 189 Å². The summed E-state index contributed by atoms with van der Waals surface area (Å²) in [5.41, 5.74) is 0.664. The lowest BCUT2D eigenvalue weighted by Gasteiger charge is -2.48. The Morgan fingerprint density at radius 2 is 1.62 bits per heavy atom. The summed E-state index contributed by atoms with van der Waals surface area (Å²) in [6.07, 6.45) is -6.44. The first-order chi connectivity index (χ1) is 15.5. The molecule has 0 aliphatic carbocycles. The first kappa shape index (κ1) is 29.2. The Morgan fingerprint density at radius 1 is 1.12 bits per heavy atom. The van der Waals surface area contributed by atoms with E-state index >= 15 is 0 Å². The Kier molecular flexibility index (Phi) is 9.86. The molecular weight excluding hydrogens is 482 g/mol. The van der Waals surface area contributed by atoms with Crippen molar-refractivity contribution >= 4 is 17.8 Å². The molecule has 1 spiro atoms. The second-order valence-corrected chi connectivity index (χ2v) is 7.56. The molecule has 34 heavy (non-hydrogen) atoms. The number of aryl methyl sites for hydroxylation is 1. The number of hydrogen-bond donors (Lipinski definition) is 3. The van der Waals surface area contributed by atoms with Gasteiger partial charge >= 0.3 is 24.3 Å². The Hall–Kier alpha value is -2.88. The van der Waals surface area contributed by atoms with Gasteiger partial charge in [0.15, 0.2) is 0 Å². The van der Waals surface area contributed by atoms with Crippen molar-refractivity contribution in [3.63, 3.8) is 0 Å². The van der Waals surface area contributed by atoms with Crippen molar-refractivity contribution in [1.82, 2.24) is 20.0 Å². The number of aliphatic carboxylic acids is 2. The monoisotopic (exact) mass is 506 g/mol. The molecule has 2 aliphatic heterocycles. The van der Waals surface area contributed by atoms with Crippen LogP contribution in [-0.2, 0) is 21.4 Å². The first-order valence-electron chi connectivity index (χ1n) is 9.68. The van der Waals surface area contributed by atoms with E-state index in [4.69, 9.17) is 24.5 Å². The number of nitrogens with one attached hydrogen (secondary N) is 1. The number of ether oxygens (including phenoxy) is 1. The third-order valence-corrected chi connectivity index (χ3v) is 4.99. The van der Waals surface area contributed by atoms with Gasteiger partial charge in [-0.15, -0.1) is 0 Å². The van der Waals surface area contributed by atoms with E-state index < -0.39 is 24.3 Å². The van der Waals surface area contributed by atoms with Crippen LogP contribution < -0.4 is 5.32 Å². The fourth-order valence-electron chi connectivity index (χ4n) is 3.46. The second-order valence-electron chi connectivity index (χ2n) is 7.56. The number of nitrogens with zero attached hydrogens (tertiary/aromatic N) is 3. The van der Waals surface area contributed by atoms with E-state index in [1.165, 1.54) is 0 Å². The average Bonchev–Trinajstić information content (AvgIpc) is 3.27. The molecule has 1 unspecified atom stereocenters. The number of likely N-dealkylation sites (N-methyl/N-ethyl adjacent to an activating group) is 1. The Bertz CT molecular complexity index is 827. The van der Waals surface area contributed by atoms with Crippen molar-refractivity contribution < 1.29 is 55.7 Å². The van der Waals surface area contributed by atoms with Crippen molar-refractivity contribution in [2.45, 2.75) is 30.8 Å². The normalized spacial score (nSPS) is 19.2. The molecule has 3 rings (SSSR count). The molecule has 16 heteroatoms. The molecule has 10 nitrogen and oxygen atoms in total. The standard InChI is InChI=1S/C14H22N4O2.2C2HF3O2/c1-17-9-14(10-17)11(5-8-20-14)3-6-15-13(19)12-4-7-16-18(12)2;2*3-2(4,5)1(6)7/h4,7,11H,3,5-6,8-10H2,1-2H3,(H,15,19);2*(H,6,7). The summed E-state index contributed by atoms with van der Waals surface area (Å²) >= 11 is 0. The maximum atomic E-state index is 12.0. The maximum Gasteiger partial charge on any atom is 0.490 e. The lowest BCUT2D eigenvalue weighted by atomic mass is 9.79. The summed E-state index contributed by atoms with van der Waals surface area (Å²) in [7, 11) is 3.90.